The summed E-state index contributed by atoms with van der Waals surface area (Å²) in [6.07, 6.45) is 1.70. The molecule has 1 aromatic rings. The summed E-state index contributed by atoms with van der Waals surface area (Å²) in [5.74, 6) is -0.114. The van der Waals surface area contributed by atoms with Crippen LogP contribution in [0.15, 0.2) is 30.3 Å². The van der Waals surface area contributed by atoms with E-state index in [0.717, 1.165) is 6.17 Å². The summed E-state index contributed by atoms with van der Waals surface area (Å²) in [5.41, 5.74) is 1.17. The van der Waals surface area contributed by atoms with Crippen LogP contribution in [0.3, 0.4) is 0 Å². The number of nitrogens with zero attached hydrogens (tertiary/aromatic N) is 1. The number of carbonyl (C=O) groups excluding carboxylic acids is 1. The number of ether oxygens (including phenoxy) is 1. The van der Waals surface area contributed by atoms with E-state index in [0.29, 0.717) is 13.0 Å². The van der Waals surface area contributed by atoms with Gasteiger partial charge in [0, 0.05) is 0 Å². The maximum Gasteiger partial charge on any atom is 0.323 e. The Balaban J connectivity index is 2.82. The van der Waals surface area contributed by atoms with E-state index >= 15 is 0 Å². The van der Waals surface area contributed by atoms with Crippen molar-refractivity contribution in [1.82, 2.24) is 4.90 Å². The van der Waals surface area contributed by atoms with Crippen molar-refractivity contribution < 1.29 is 9.53 Å². The smallest absolute Gasteiger partial charge is 0.323 e. The van der Waals surface area contributed by atoms with Crippen LogP contribution in [-0.2, 0) is 16.0 Å². The van der Waals surface area contributed by atoms with Crippen LogP contribution in [0.1, 0.15) is 12.5 Å². The van der Waals surface area contributed by atoms with Gasteiger partial charge < -0.3 is 4.74 Å². The van der Waals surface area contributed by atoms with E-state index in [-0.39, 0.29) is 12.0 Å². The molecule has 0 aliphatic rings. The molecule has 0 amide bonds. The first kappa shape index (κ1) is 16.9. The van der Waals surface area contributed by atoms with Crippen LogP contribution < -0.4 is 0 Å². The van der Waals surface area contributed by atoms with Crippen molar-refractivity contribution in [2.24, 2.45) is 0 Å². The van der Waals surface area contributed by atoms with Gasteiger partial charge in [0.05, 0.1) is 14.7 Å². The van der Waals surface area contributed by atoms with Crippen LogP contribution in [0.5, 0.6) is 0 Å². The van der Waals surface area contributed by atoms with Crippen LogP contribution in [0.4, 0.5) is 0 Å². The predicted molar refractivity (Wildman–Crippen MR) is 86.5 cm³/mol. The van der Waals surface area contributed by atoms with Gasteiger partial charge in [-0.05, 0) is 32.1 Å². The lowest BCUT2D eigenvalue weighted by Crippen LogP contribution is -2.48. The molecule has 0 aliphatic carbocycles. The summed E-state index contributed by atoms with van der Waals surface area (Å²) >= 11 is 0. The van der Waals surface area contributed by atoms with Gasteiger partial charge in [0.15, 0.2) is 0 Å². The predicted octanol–water partition coefficient (Wildman–Crippen LogP) is 2.97. The van der Waals surface area contributed by atoms with Crippen molar-refractivity contribution in [2.75, 3.05) is 19.8 Å². The van der Waals surface area contributed by atoms with Gasteiger partial charge in [-0.2, -0.15) is 0 Å². The molecule has 0 fully saturated rings. The van der Waals surface area contributed by atoms with Gasteiger partial charge >= 0.3 is 5.97 Å². The average molecular weight is 293 g/mol. The standard InChI is InChI=1S/C16H27NO2Si/c1-6-19-16(18)15(17(2)13-20(3,4)5)12-14-10-8-7-9-11-14/h7-11,15H,6,12-13H2,1-5H3. The number of likely N-dealkylation sites (N-methyl/N-ethyl adjacent to an activating group) is 1. The highest BCUT2D eigenvalue weighted by Crippen LogP contribution is 2.13. The third kappa shape index (κ3) is 5.88. The Morgan fingerprint density at radius 3 is 2.35 bits per heavy atom. The normalized spacial score (nSPS) is 13.3. The summed E-state index contributed by atoms with van der Waals surface area (Å²) in [7, 11) is 0.780. The SMILES string of the molecule is CCOC(=O)C(Cc1ccccc1)N(C)C[Si](C)(C)C. The largest absolute Gasteiger partial charge is 0.465 e. The first-order chi connectivity index (χ1) is 9.33. The second-order valence-electron chi connectivity index (χ2n) is 6.43. The monoisotopic (exact) mass is 293 g/mol. The Morgan fingerprint density at radius 2 is 1.85 bits per heavy atom. The zero-order valence-corrected chi connectivity index (χ0v) is 14.3. The Kier molecular flexibility index (Phi) is 6.43. The fraction of sp³-hybridized carbons (Fsp3) is 0.562. The second-order valence-corrected chi connectivity index (χ2v) is 11.9. The Bertz CT molecular complexity index is 414. The Labute approximate surface area is 123 Å². The lowest BCUT2D eigenvalue weighted by atomic mass is 10.1. The molecule has 0 saturated carbocycles. The van der Waals surface area contributed by atoms with Crippen molar-refractivity contribution in [1.29, 1.82) is 0 Å². The number of carbonyl (C=O) groups is 1. The van der Waals surface area contributed by atoms with Crippen molar-refractivity contribution in [3.8, 4) is 0 Å². The Morgan fingerprint density at radius 1 is 1.25 bits per heavy atom. The number of benzene rings is 1. The molecule has 112 valence electrons. The van der Waals surface area contributed by atoms with Crippen molar-refractivity contribution in [3.63, 3.8) is 0 Å². The lowest BCUT2D eigenvalue weighted by Gasteiger charge is -2.31. The summed E-state index contributed by atoms with van der Waals surface area (Å²) < 4.78 is 5.25. The van der Waals surface area contributed by atoms with Gasteiger partial charge in [0.25, 0.3) is 0 Å². The van der Waals surface area contributed by atoms with Crippen LogP contribution >= 0.6 is 0 Å². The second kappa shape index (κ2) is 7.60. The zero-order valence-electron chi connectivity index (χ0n) is 13.3. The van der Waals surface area contributed by atoms with Crippen LogP contribution in [-0.4, -0.2) is 44.8 Å². The molecular weight excluding hydrogens is 266 g/mol. The van der Waals surface area contributed by atoms with E-state index < -0.39 is 8.07 Å². The number of esters is 1. The maximum atomic E-state index is 12.2. The average Bonchev–Trinajstić information content (AvgIpc) is 2.35. The molecule has 0 spiro atoms. The molecule has 0 aromatic heterocycles. The van der Waals surface area contributed by atoms with Gasteiger partial charge in [-0.1, -0.05) is 50.0 Å². The highest BCUT2D eigenvalue weighted by Gasteiger charge is 2.28. The molecule has 0 bridgehead atoms. The molecule has 1 unspecified atom stereocenters. The summed E-state index contributed by atoms with van der Waals surface area (Å²) in [5, 5.41) is 0. The quantitative estimate of drug-likeness (QED) is 0.572. The molecule has 1 aromatic carbocycles. The van der Waals surface area contributed by atoms with Gasteiger partial charge in [-0.3, -0.25) is 9.69 Å². The van der Waals surface area contributed by atoms with Crippen LogP contribution in [0.25, 0.3) is 0 Å². The maximum absolute atomic E-state index is 12.2. The Hall–Kier alpha value is -1.13. The fourth-order valence-corrected chi connectivity index (χ4v) is 4.07. The van der Waals surface area contributed by atoms with Crippen LogP contribution in [0, 0.1) is 0 Å². The van der Waals surface area contributed by atoms with Crippen LogP contribution in [0.2, 0.25) is 19.6 Å². The van der Waals surface area contributed by atoms with E-state index in [4.69, 9.17) is 4.74 Å². The third-order valence-electron chi connectivity index (χ3n) is 3.09. The molecule has 4 heteroatoms. The molecule has 1 atom stereocenters. The first-order valence-corrected chi connectivity index (χ1v) is 10.9. The molecule has 1 rings (SSSR count). The van der Waals surface area contributed by atoms with E-state index in [2.05, 4.69) is 36.7 Å². The van der Waals surface area contributed by atoms with E-state index in [1.165, 1.54) is 5.56 Å². The van der Waals surface area contributed by atoms with Crippen molar-refractivity contribution >= 4 is 14.0 Å². The van der Waals surface area contributed by atoms with E-state index in [1.54, 1.807) is 0 Å². The van der Waals surface area contributed by atoms with E-state index in [1.807, 2.05) is 32.2 Å². The molecule has 0 radical (unpaired) electrons. The molecule has 0 aliphatic heterocycles. The van der Waals surface area contributed by atoms with Gasteiger partial charge in [0.1, 0.15) is 6.04 Å². The van der Waals surface area contributed by atoms with Gasteiger partial charge in [0.2, 0.25) is 0 Å². The fourth-order valence-electron chi connectivity index (χ4n) is 2.35. The minimum atomic E-state index is -1.25. The van der Waals surface area contributed by atoms with Crippen molar-refractivity contribution in [2.45, 2.75) is 39.0 Å². The minimum Gasteiger partial charge on any atom is -0.465 e. The molecular formula is C16H27NO2Si. The molecule has 0 N–H and O–H groups in total. The number of hydrogen-bond donors (Lipinski definition) is 0. The third-order valence-corrected chi connectivity index (χ3v) is 4.53. The highest BCUT2D eigenvalue weighted by atomic mass is 28.3. The first-order valence-electron chi connectivity index (χ1n) is 7.24. The number of hydrogen-bond acceptors (Lipinski definition) is 3. The summed E-state index contributed by atoms with van der Waals surface area (Å²) in [6.45, 7) is 9.23. The lowest BCUT2D eigenvalue weighted by molar-refractivity contribution is -0.148. The highest BCUT2D eigenvalue weighted by molar-refractivity contribution is 6.76. The molecule has 0 saturated heterocycles. The topological polar surface area (TPSA) is 29.5 Å². The van der Waals surface area contributed by atoms with E-state index in [9.17, 15) is 4.79 Å². The summed E-state index contributed by atoms with van der Waals surface area (Å²) in [4.78, 5) is 14.4. The molecule has 3 nitrogen and oxygen atoms in total. The zero-order chi connectivity index (χ0) is 15.2. The molecule has 20 heavy (non-hydrogen) atoms. The summed E-state index contributed by atoms with van der Waals surface area (Å²) in [6, 6.07) is 9.95. The van der Waals surface area contributed by atoms with Gasteiger partial charge in [-0.15, -0.1) is 0 Å². The van der Waals surface area contributed by atoms with Gasteiger partial charge in [-0.25, -0.2) is 0 Å². The minimum absolute atomic E-state index is 0.114. The van der Waals surface area contributed by atoms with Crippen molar-refractivity contribution in [3.05, 3.63) is 35.9 Å². The molecule has 0 heterocycles. The number of rotatable bonds is 7.